The molecule has 0 aromatic heterocycles. The second-order valence-electron chi connectivity index (χ2n) is 9.37. The number of hydrogen-bond acceptors (Lipinski definition) is 3. The van der Waals surface area contributed by atoms with E-state index in [9.17, 15) is 14.7 Å². The van der Waals surface area contributed by atoms with Gasteiger partial charge in [0.15, 0.2) is 5.78 Å². The van der Waals surface area contributed by atoms with Crippen molar-refractivity contribution in [2.24, 2.45) is 16.7 Å². The number of carbonyl (C=O) groups is 2. The van der Waals surface area contributed by atoms with Gasteiger partial charge in [0, 0.05) is 11.3 Å². The Labute approximate surface area is 144 Å². The molecular formula is C20H30O4. The van der Waals surface area contributed by atoms with Crippen LogP contribution >= 0.6 is 0 Å². The van der Waals surface area contributed by atoms with Crippen molar-refractivity contribution in [3.8, 4) is 0 Å². The van der Waals surface area contributed by atoms with Gasteiger partial charge in [-0.15, -0.1) is 0 Å². The van der Waals surface area contributed by atoms with Gasteiger partial charge < -0.3 is 9.84 Å². The third kappa shape index (κ3) is 2.29. The van der Waals surface area contributed by atoms with Gasteiger partial charge in [0.1, 0.15) is 0 Å². The van der Waals surface area contributed by atoms with Gasteiger partial charge in [0.25, 0.3) is 0 Å². The molecule has 2 aliphatic carbocycles. The third-order valence-corrected chi connectivity index (χ3v) is 7.09. The first-order valence-electron chi connectivity index (χ1n) is 9.10. The summed E-state index contributed by atoms with van der Waals surface area (Å²) in [4.78, 5) is 24.2. The Hall–Kier alpha value is -1.16. The van der Waals surface area contributed by atoms with Crippen LogP contribution in [0.5, 0.6) is 0 Å². The van der Waals surface area contributed by atoms with Crippen molar-refractivity contribution in [2.45, 2.75) is 84.3 Å². The quantitative estimate of drug-likeness (QED) is 0.824. The number of carbonyl (C=O) groups excluding carboxylic acids is 1. The van der Waals surface area contributed by atoms with Crippen LogP contribution in [0.2, 0.25) is 0 Å². The molecule has 0 aromatic carbocycles. The van der Waals surface area contributed by atoms with Crippen LogP contribution in [0, 0.1) is 16.7 Å². The van der Waals surface area contributed by atoms with E-state index >= 15 is 0 Å². The van der Waals surface area contributed by atoms with E-state index in [0.29, 0.717) is 0 Å². The first kappa shape index (κ1) is 17.7. The second-order valence-corrected chi connectivity index (χ2v) is 9.37. The van der Waals surface area contributed by atoms with Gasteiger partial charge in [0.2, 0.25) is 0 Å². The lowest BCUT2D eigenvalue weighted by Gasteiger charge is -2.60. The molecule has 4 heteroatoms. The molecule has 1 saturated heterocycles. The highest BCUT2D eigenvalue weighted by Crippen LogP contribution is 2.65. The van der Waals surface area contributed by atoms with Crippen molar-refractivity contribution >= 4 is 11.8 Å². The number of allylic oxidation sites excluding steroid dienone is 1. The Balaban J connectivity index is 2.09. The number of carboxylic acids is 1. The average Bonchev–Trinajstić information content (AvgIpc) is 2.74. The number of ketones is 1. The third-order valence-electron chi connectivity index (χ3n) is 7.09. The van der Waals surface area contributed by atoms with Crippen LogP contribution in [0.4, 0.5) is 0 Å². The molecule has 2 fully saturated rings. The molecule has 0 amide bonds. The van der Waals surface area contributed by atoms with Gasteiger partial charge >= 0.3 is 5.97 Å². The Kier molecular flexibility index (Phi) is 3.80. The summed E-state index contributed by atoms with van der Waals surface area (Å²) in [6.07, 6.45) is 6.42. The van der Waals surface area contributed by atoms with E-state index in [1.54, 1.807) is 6.08 Å². The Morgan fingerprint density at radius 2 is 1.88 bits per heavy atom. The fourth-order valence-electron chi connectivity index (χ4n) is 6.15. The van der Waals surface area contributed by atoms with Crippen LogP contribution in [-0.2, 0) is 14.3 Å². The molecule has 1 aliphatic heterocycles. The lowest BCUT2D eigenvalue weighted by atomic mass is 9.46. The number of aliphatic carboxylic acids is 1. The van der Waals surface area contributed by atoms with E-state index in [4.69, 9.17) is 4.74 Å². The van der Waals surface area contributed by atoms with Crippen molar-refractivity contribution in [2.75, 3.05) is 0 Å². The maximum absolute atomic E-state index is 12.9. The molecule has 0 radical (unpaired) electrons. The molecule has 134 valence electrons. The molecule has 1 saturated carbocycles. The topological polar surface area (TPSA) is 63.6 Å². The Bertz CT molecular complexity index is 619. The van der Waals surface area contributed by atoms with E-state index in [-0.39, 0.29) is 29.0 Å². The van der Waals surface area contributed by atoms with Crippen molar-refractivity contribution in [1.29, 1.82) is 0 Å². The van der Waals surface area contributed by atoms with Crippen LogP contribution in [0.15, 0.2) is 11.6 Å². The Morgan fingerprint density at radius 3 is 2.50 bits per heavy atom. The zero-order chi connectivity index (χ0) is 18.0. The zero-order valence-corrected chi connectivity index (χ0v) is 15.6. The minimum Gasteiger partial charge on any atom is -0.481 e. The smallest absolute Gasteiger partial charge is 0.306 e. The molecule has 4 atom stereocenters. The molecular weight excluding hydrogens is 304 g/mol. The molecule has 4 unspecified atom stereocenters. The SMILES string of the molecule is CC1=CC(=O)C2C(C)(C)CCCC2(C)C12CCC(C)(CC(=O)O)O2. The average molecular weight is 334 g/mol. The molecule has 0 bridgehead atoms. The minimum atomic E-state index is -0.825. The predicted octanol–water partition coefficient (Wildman–Crippen LogP) is 4.13. The minimum absolute atomic E-state index is 0.0140. The molecule has 24 heavy (non-hydrogen) atoms. The highest BCUT2D eigenvalue weighted by molar-refractivity contribution is 5.95. The summed E-state index contributed by atoms with van der Waals surface area (Å²) in [6, 6.07) is 0. The summed E-state index contributed by atoms with van der Waals surface area (Å²) in [7, 11) is 0. The predicted molar refractivity (Wildman–Crippen MR) is 91.7 cm³/mol. The largest absolute Gasteiger partial charge is 0.481 e. The molecule has 1 N–H and O–H groups in total. The summed E-state index contributed by atoms with van der Waals surface area (Å²) in [6.45, 7) is 10.5. The number of carboxylic acid groups (broad SMARTS) is 1. The summed E-state index contributed by atoms with van der Waals surface area (Å²) >= 11 is 0. The van der Waals surface area contributed by atoms with Gasteiger partial charge in [-0.1, -0.05) is 27.2 Å². The standard InChI is InChI=1S/C20H30O4/c1-13-11-14(21)16-17(2,3)7-6-8-19(16,5)20(13)10-9-18(4,24-20)12-15(22)23/h11,16H,6-10,12H2,1-5H3,(H,22,23). The normalized spacial score (nSPS) is 44.3. The van der Waals surface area contributed by atoms with Crippen molar-refractivity contribution in [3.05, 3.63) is 11.6 Å². The highest BCUT2D eigenvalue weighted by atomic mass is 16.5. The number of rotatable bonds is 2. The molecule has 1 spiro atoms. The van der Waals surface area contributed by atoms with Crippen molar-refractivity contribution < 1.29 is 19.4 Å². The van der Waals surface area contributed by atoms with Crippen LogP contribution < -0.4 is 0 Å². The highest BCUT2D eigenvalue weighted by Gasteiger charge is 2.66. The first-order chi connectivity index (χ1) is 11.0. The van der Waals surface area contributed by atoms with Crippen LogP contribution in [-0.4, -0.2) is 28.1 Å². The van der Waals surface area contributed by atoms with Gasteiger partial charge in [0.05, 0.1) is 17.6 Å². The molecule has 3 aliphatic rings. The number of hydrogen-bond donors (Lipinski definition) is 1. The van der Waals surface area contributed by atoms with Gasteiger partial charge in [-0.25, -0.2) is 0 Å². The summed E-state index contributed by atoms with van der Waals surface area (Å²) in [5, 5.41) is 9.26. The molecule has 4 nitrogen and oxygen atoms in total. The van der Waals surface area contributed by atoms with Crippen molar-refractivity contribution in [1.82, 2.24) is 0 Å². The fraction of sp³-hybridized carbons (Fsp3) is 0.800. The molecule has 1 heterocycles. The fourth-order valence-corrected chi connectivity index (χ4v) is 6.15. The van der Waals surface area contributed by atoms with Crippen molar-refractivity contribution in [3.63, 3.8) is 0 Å². The van der Waals surface area contributed by atoms with Crippen LogP contribution in [0.1, 0.15) is 73.1 Å². The van der Waals surface area contributed by atoms with E-state index in [2.05, 4.69) is 20.8 Å². The number of fused-ring (bicyclic) bond motifs is 2. The van der Waals surface area contributed by atoms with Gasteiger partial charge in [-0.2, -0.15) is 0 Å². The summed E-state index contributed by atoms with van der Waals surface area (Å²) in [5.74, 6) is -0.663. The van der Waals surface area contributed by atoms with Crippen LogP contribution in [0.25, 0.3) is 0 Å². The first-order valence-corrected chi connectivity index (χ1v) is 9.10. The lowest BCUT2D eigenvalue weighted by Crippen LogP contribution is -2.62. The van der Waals surface area contributed by atoms with E-state index in [0.717, 1.165) is 37.7 Å². The molecule has 3 rings (SSSR count). The van der Waals surface area contributed by atoms with E-state index in [1.165, 1.54) is 0 Å². The molecule has 0 aromatic rings. The Morgan fingerprint density at radius 1 is 1.21 bits per heavy atom. The van der Waals surface area contributed by atoms with Gasteiger partial charge in [-0.3, -0.25) is 9.59 Å². The maximum Gasteiger partial charge on any atom is 0.306 e. The monoisotopic (exact) mass is 334 g/mol. The van der Waals surface area contributed by atoms with E-state index in [1.807, 2.05) is 13.8 Å². The van der Waals surface area contributed by atoms with Crippen LogP contribution in [0.3, 0.4) is 0 Å². The summed E-state index contributed by atoms with van der Waals surface area (Å²) in [5.41, 5.74) is -0.494. The number of ether oxygens (including phenoxy) is 1. The second kappa shape index (κ2) is 5.17. The zero-order valence-electron chi connectivity index (χ0n) is 15.6. The van der Waals surface area contributed by atoms with Gasteiger partial charge in [-0.05, 0) is 56.6 Å². The lowest BCUT2D eigenvalue weighted by molar-refractivity contribution is -0.194. The van der Waals surface area contributed by atoms with E-state index < -0.39 is 17.2 Å². The summed E-state index contributed by atoms with van der Waals surface area (Å²) < 4.78 is 6.61. The maximum atomic E-state index is 12.9.